The topological polar surface area (TPSA) is 54.9 Å². The third-order valence-corrected chi connectivity index (χ3v) is 5.21. The van der Waals surface area contributed by atoms with Gasteiger partial charge in [-0.05, 0) is 30.5 Å². The number of nitrogens with one attached hydrogen (secondary N) is 1. The lowest BCUT2D eigenvalue weighted by atomic mass is 10.1. The quantitative estimate of drug-likeness (QED) is 0.619. The Morgan fingerprint density at radius 3 is 2.85 bits per heavy atom. The monoisotopic (exact) mass is 385 g/mol. The second-order valence-corrected chi connectivity index (χ2v) is 7.20. The molecule has 0 fully saturated rings. The molecule has 6 heteroatoms. The van der Waals surface area contributed by atoms with Crippen LogP contribution in [0.4, 0.5) is 0 Å². The molecule has 0 spiro atoms. The molecule has 0 aliphatic carbocycles. The number of hydrogen-bond acceptors (Lipinski definition) is 4. The Bertz CT molecular complexity index is 851. The maximum atomic E-state index is 11.9. The van der Waals surface area contributed by atoms with Gasteiger partial charge in [-0.1, -0.05) is 35.9 Å². The Balaban J connectivity index is 1.40. The van der Waals surface area contributed by atoms with E-state index >= 15 is 0 Å². The van der Waals surface area contributed by atoms with E-state index in [-0.39, 0.29) is 5.91 Å². The molecule has 1 N–H and O–H groups in total. The Labute approximate surface area is 162 Å². The van der Waals surface area contributed by atoms with Gasteiger partial charge in [-0.15, -0.1) is 11.3 Å². The van der Waals surface area contributed by atoms with Gasteiger partial charge < -0.3 is 5.32 Å². The van der Waals surface area contributed by atoms with E-state index in [0.29, 0.717) is 18.0 Å². The molecule has 26 heavy (non-hydrogen) atoms. The highest BCUT2D eigenvalue weighted by molar-refractivity contribution is 7.13. The first-order valence-electron chi connectivity index (χ1n) is 8.57. The van der Waals surface area contributed by atoms with Gasteiger partial charge in [-0.3, -0.25) is 9.78 Å². The summed E-state index contributed by atoms with van der Waals surface area (Å²) in [6, 6.07) is 11.6. The van der Waals surface area contributed by atoms with Crippen LogP contribution >= 0.6 is 22.9 Å². The number of rotatable bonds is 8. The minimum absolute atomic E-state index is 0.0791. The van der Waals surface area contributed by atoms with Gasteiger partial charge in [-0.2, -0.15) is 0 Å². The van der Waals surface area contributed by atoms with Crippen molar-refractivity contribution in [1.82, 2.24) is 15.3 Å². The van der Waals surface area contributed by atoms with E-state index in [9.17, 15) is 4.79 Å². The van der Waals surface area contributed by atoms with E-state index in [1.165, 1.54) is 0 Å². The highest BCUT2D eigenvalue weighted by Crippen LogP contribution is 2.30. The van der Waals surface area contributed by atoms with Crippen LogP contribution in [0, 0.1) is 0 Å². The lowest BCUT2D eigenvalue weighted by molar-refractivity contribution is -0.121. The maximum absolute atomic E-state index is 11.9. The average molecular weight is 386 g/mol. The number of carbonyl (C=O) groups excluding carboxylic acids is 1. The summed E-state index contributed by atoms with van der Waals surface area (Å²) in [4.78, 5) is 20.6. The summed E-state index contributed by atoms with van der Waals surface area (Å²) < 4.78 is 0. The lowest BCUT2D eigenvalue weighted by Crippen LogP contribution is -2.25. The molecule has 0 unspecified atom stereocenters. The molecular weight excluding hydrogens is 366 g/mol. The van der Waals surface area contributed by atoms with Gasteiger partial charge in [0.15, 0.2) is 0 Å². The van der Waals surface area contributed by atoms with Crippen LogP contribution in [0.25, 0.3) is 10.6 Å². The molecular formula is C20H20ClN3OS. The zero-order chi connectivity index (χ0) is 18.2. The molecule has 0 atom stereocenters. The van der Waals surface area contributed by atoms with Crippen LogP contribution in [0.5, 0.6) is 0 Å². The van der Waals surface area contributed by atoms with Gasteiger partial charge in [-0.25, -0.2) is 4.98 Å². The predicted molar refractivity (Wildman–Crippen MR) is 106 cm³/mol. The third kappa shape index (κ3) is 5.38. The largest absolute Gasteiger partial charge is 0.356 e. The van der Waals surface area contributed by atoms with Crippen molar-refractivity contribution in [2.24, 2.45) is 0 Å². The smallest absolute Gasteiger partial charge is 0.220 e. The number of amides is 1. The molecule has 0 saturated heterocycles. The number of carbonyl (C=O) groups is 1. The predicted octanol–water partition coefficient (Wildman–Crippen LogP) is 4.54. The van der Waals surface area contributed by atoms with Crippen LogP contribution in [-0.2, 0) is 17.6 Å². The average Bonchev–Trinajstić information content (AvgIpc) is 3.12. The second-order valence-electron chi connectivity index (χ2n) is 5.94. The van der Waals surface area contributed by atoms with E-state index in [2.05, 4.69) is 15.3 Å². The Hall–Kier alpha value is -2.24. The molecule has 0 aliphatic rings. The van der Waals surface area contributed by atoms with Gasteiger partial charge >= 0.3 is 0 Å². The molecule has 3 rings (SSSR count). The van der Waals surface area contributed by atoms with Crippen LogP contribution in [0.15, 0.2) is 54.2 Å². The normalized spacial score (nSPS) is 10.7. The number of hydrogen-bond donors (Lipinski definition) is 1. The Morgan fingerprint density at radius 1 is 1.15 bits per heavy atom. The number of nitrogens with zero attached hydrogens (tertiary/aromatic N) is 2. The lowest BCUT2D eigenvalue weighted by Gasteiger charge is -2.04. The van der Waals surface area contributed by atoms with Crippen molar-refractivity contribution < 1.29 is 4.79 Å². The summed E-state index contributed by atoms with van der Waals surface area (Å²) >= 11 is 7.79. The van der Waals surface area contributed by atoms with Crippen molar-refractivity contribution in [3.63, 3.8) is 0 Å². The second kappa shape index (κ2) is 9.46. The van der Waals surface area contributed by atoms with E-state index in [0.717, 1.165) is 41.1 Å². The standard InChI is InChI=1S/C20H20ClN3OS/c21-18-8-2-1-7-17(18)20-24-16(14-26-20)10-12-23-19(25)9-3-5-15-6-4-11-22-13-15/h1-2,4,6-8,11,13-14H,3,5,9-10,12H2,(H,23,25). The Morgan fingerprint density at radius 2 is 2.04 bits per heavy atom. The van der Waals surface area contributed by atoms with E-state index < -0.39 is 0 Å². The summed E-state index contributed by atoms with van der Waals surface area (Å²) in [5.41, 5.74) is 3.08. The van der Waals surface area contributed by atoms with Crippen molar-refractivity contribution >= 4 is 28.8 Å². The molecule has 1 amide bonds. The number of halogens is 1. The molecule has 1 aromatic carbocycles. The summed E-state index contributed by atoms with van der Waals surface area (Å²) in [5, 5.41) is 6.60. The van der Waals surface area contributed by atoms with E-state index in [1.54, 1.807) is 17.5 Å². The van der Waals surface area contributed by atoms with Crippen LogP contribution in [0.1, 0.15) is 24.1 Å². The van der Waals surface area contributed by atoms with Crippen molar-refractivity contribution in [3.05, 3.63) is 70.5 Å². The first kappa shape index (κ1) is 18.5. The minimum Gasteiger partial charge on any atom is -0.356 e. The molecule has 2 heterocycles. The number of benzene rings is 1. The van der Waals surface area contributed by atoms with Gasteiger partial charge in [0, 0.05) is 42.7 Å². The van der Waals surface area contributed by atoms with Gasteiger partial charge in [0.05, 0.1) is 10.7 Å². The summed E-state index contributed by atoms with van der Waals surface area (Å²) in [5.74, 6) is 0.0791. The maximum Gasteiger partial charge on any atom is 0.220 e. The molecule has 0 radical (unpaired) electrons. The first-order valence-corrected chi connectivity index (χ1v) is 9.83. The van der Waals surface area contributed by atoms with Crippen molar-refractivity contribution in [1.29, 1.82) is 0 Å². The van der Waals surface area contributed by atoms with Crippen LogP contribution in [0.3, 0.4) is 0 Å². The highest BCUT2D eigenvalue weighted by atomic mass is 35.5. The third-order valence-electron chi connectivity index (χ3n) is 3.95. The molecule has 4 nitrogen and oxygen atoms in total. The molecule has 2 aromatic heterocycles. The minimum atomic E-state index is 0.0791. The SMILES string of the molecule is O=C(CCCc1cccnc1)NCCc1csc(-c2ccccc2Cl)n1. The number of pyridine rings is 1. The number of thiazole rings is 1. The van der Waals surface area contributed by atoms with Gasteiger partial charge in [0.2, 0.25) is 5.91 Å². The van der Waals surface area contributed by atoms with Crippen LogP contribution in [-0.4, -0.2) is 22.4 Å². The fourth-order valence-electron chi connectivity index (χ4n) is 2.60. The fourth-order valence-corrected chi connectivity index (χ4v) is 3.77. The molecule has 0 aliphatic heterocycles. The van der Waals surface area contributed by atoms with Crippen molar-refractivity contribution in [2.45, 2.75) is 25.7 Å². The molecule has 134 valence electrons. The van der Waals surface area contributed by atoms with E-state index in [1.807, 2.05) is 48.0 Å². The molecule has 3 aromatic rings. The summed E-state index contributed by atoms with van der Waals surface area (Å²) in [6.45, 7) is 0.595. The molecule has 0 saturated carbocycles. The fraction of sp³-hybridized carbons (Fsp3) is 0.250. The van der Waals surface area contributed by atoms with Gasteiger partial charge in [0.25, 0.3) is 0 Å². The first-order chi connectivity index (χ1) is 12.7. The highest BCUT2D eigenvalue weighted by Gasteiger charge is 2.08. The number of aromatic nitrogens is 2. The molecule has 0 bridgehead atoms. The summed E-state index contributed by atoms with van der Waals surface area (Å²) in [6.07, 6.45) is 6.54. The van der Waals surface area contributed by atoms with E-state index in [4.69, 9.17) is 11.6 Å². The van der Waals surface area contributed by atoms with Crippen LogP contribution < -0.4 is 5.32 Å². The van der Waals surface area contributed by atoms with Crippen LogP contribution in [0.2, 0.25) is 5.02 Å². The zero-order valence-electron chi connectivity index (χ0n) is 14.3. The summed E-state index contributed by atoms with van der Waals surface area (Å²) in [7, 11) is 0. The number of aryl methyl sites for hydroxylation is 1. The van der Waals surface area contributed by atoms with Gasteiger partial charge in [0.1, 0.15) is 5.01 Å². The zero-order valence-corrected chi connectivity index (χ0v) is 15.9. The van der Waals surface area contributed by atoms with Crippen molar-refractivity contribution in [3.8, 4) is 10.6 Å². The van der Waals surface area contributed by atoms with Crippen molar-refractivity contribution in [2.75, 3.05) is 6.54 Å². The Kier molecular flexibility index (Phi) is 6.75.